The zero-order chi connectivity index (χ0) is 16.2. The molecule has 1 aromatic heterocycles. The van der Waals surface area contributed by atoms with Gasteiger partial charge in [0.25, 0.3) is 0 Å². The van der Waals surface area contributed by atoms with Gasteiger partial charge >= 0.3 is 5.97 Å². The highest BCUT2D eigenvalue weighted by Gasteiger charge is 2.25. The molecule has 0 amide bonds. The predicted octanol–water partition coefficient (Wildman–Crippen LogP) is 4.29. The fraction of sp³-hybridized carbons (Fsp3) is 0.211. The molecule has 0 fully saturated rings. The Hall–Kier alpha value is -2.75. The van der Waals surface area contributed by atoms with Gasteiger partial charge in [0.15, 0.2) is 5.75 Å². The second-order valence-electron chi connectivity index (χ2n) is 6.29. The van der Waals surface area contributed by atoms with E-state index in [1.807, 2.05) is 38.1 Å². The second-order valence-corrected chi connectivity index (χ2v) is 6.29. The van der Waals surface area contributed by atoms with E-state index in [0.717, 1.165) is 33.1 Å². The van der Waals surface area contributed by atoms with Crippen LogP contribution in [0.15, 0.2) is 36.4 Å². The zero-order valence-corrected chi connectivity index (χ0v) is 13.3. The molecule has 0 atom stereocenters. The van der Waals surface area contributed by atoms with E-state index in [9.17, 15) is 4.79 Å². The van der Waals surface area contributed by atoms with Gasteiger partial charge in [-0.25, -0.2) is 4.79 Å². The minimum atomic E-state index is -0.357. The number of ether oxygens (including phenoxy) is 2. The van der Waals surface area contributed by atoms with Crippen LogP contribution in [0.2, 0.25) is 0 Å². The summed E-state index contributed by atoms with van der Waals surface area (Å²) >= 11 is 0. The van der Waals surface area contributed by atoms with Crippen LogP contribution in [0.25, 0.3) is 27.9 Å². The predicted molar refractivity (Wildman–Crippen MR) is 90.9 cm³/mol. The van der Waals surface area contributed by atoms with E-state index >= 15 is 0 Å². The van der Waals surface area contributed by atoms with Crippen LogP contribution in [0.1, 0.15) is 29.8 Å². The summed E-state index contributed by atoms with van der Waals surface area (Å²) in [5.41, 5.74) is 2.89. The lowest BCUT2D eigenvalue weighted by molar-refractivity contribution is 0.0603. The van der Waals surface area contributed by atoms with E-state index < -0.39 is 0 Å². The Balaban J connectivity index is 2.07. The van der Waals surface area contributed by atoms with E-state index in [-0.39, 0.29) is 11.6 Å². The molecule has 0 unspecified atom stereocenters. The number of esters is 1. The van der Waals surface area contributed by atoms with Gasteiger partial charge in [0.05, 0.1) is 23.7 Å². The SMILES string of the molecule is COC(=O)c1cccc2c1[nH]c1c3c(ccc12)C=CC(C)(C)O3. The van der Waals surface area contributed by atoms with Crippen molar-refractivity contribution in [3.63, 3.8) is 0 Å². The molecule has 1 aliphatic rings. The maximum Gasteiger partial charge on any atom is 0.339 e. The first-order chi connectivity index (χ1) is 11.0. The van der Waals surface area contributed by atoms with Crippen molar-refractivity contribution in [2.24, 2.45) is 0 Å². The first-order valence-electron chi connectivity index (χ1n) is 7.54. The molecular weight excluding hydrogens is 290 g/mol. The average molecular weight is 307 g/mol. The van der Waals surface area contributed by atoms with Crippen LogP contribution in [0.4, 0.5) is 0 Å². The lowest BCUT2D eigenvalue weighted by Crippen LogP contribution is -2.27. The van der Waals surface area contributed by atoms with Gasteiger partial charge in [-0.15, -0.1) is 0 Å². The number of aromatic nitrogens is 1. The summed E-state index contributed by atoms with van der Waals surface area (Å²) in [7, 11) is 1.39. The highest BCUT2D eigenvalue weighted by Crippen LogP contribution is 2.40. The number of methoxy groups -OCH3 is 1. The highest BCUT2D eigenvalue weighted by atomic mass is 16.5. The Morgan fingerprint density at radius 1 is 1.13 bits per heavy atom. The van der Waals surface area contributed by atoms with Crippen molar-refractivity contribution in [1.82, 2.24) is 4.98 Å². The van der Waals surface area contributed by atoms with Gasteiger partial charge in [-0.1, -0.05) is 30.3 Å². The maximum atomic E-state index is 12.0. The fourth-order valence-electron chi connectivity index (χ4n) is 3.09. The number of carbonyl (C=O) groups is 1. The van der Waals surface area contributed by atoms with Crippen molar-refractivity contribution in [1.29, 1.82) is 0 Å². The van der Waals surface area contributed by atoms with Crippen LogP contribution in [0.5, 0.6) is 5.75 Å². The van der Waals surface area contributed by atoms with Crippen LogP contribution in [-0.4, -0.2) is 23.7 Å². The number of para-hydroxylation sites is 1. The van der Waals surface area contributed by atoms with Gasteiger partial charge in [-0.05, 0) is 26.0 Å². The Bertz CT molecular complexity index is 979. The number of aromatic amines is 1. The van der Waals surface area contributed by atoms with Crippen LogP contribution < -0.4 is 4.74 Å². The van der Waals surface area contributed by atoms with E-state index in [0.29, 0.717) is 5.56 Å². The van der Waals surface area contributed by atoms with E-state index in [4.69, 9.17) is 9.47 Å². The lowest BCUT2D eigenvalue weighted by atomic mass is 10.0. The van der Waals surface area contributed by atoms with Crippen molar-refractivity contribution in [3.05, 3.63) is 47.5 Å². The van der Waals surface area contributed by atoms with Gasteiger partial charge < -0.3 is 14.5 Å². The number of carbonyl (C=O) groups excluding carboxylic acids is 1. The molecule has 2 aromatic carbocycles. The van der Waals surface area contributed by atoms with Crippen LogP contribution >= 0.6 is 0 Å². The normalized spacial score (nSPS) is 15.4. The quantitative estimate of drug-likeness (QED) is 0.682. The molecular formula is C19H17NO3. The van der Waals surface area contributed by atoms with Crippen molar-refractivity contribution in [2.75, 3.05) is 7.11 Å². The third-order valence-corrected chi connectivity index (χ3v) is 4.23. The monoisotopic (exact) mass is 307 g/mol. The molecule has 4 heteroatoms. The smallest absolute Gasteiger partial charge is 0.339 e. The van der Waals surface area contributed by atoms with Crippen molar-refractivity contribution in [2.45, 2.75) is 19.4 Å². The third kappa shape index (κ3) is 2.02. The second kappa shape index (κ2) is 4.62. The summed E-state index contributed by atoms with van der Waals surface area (Å²) < 4.78 is 11.0. The van der Waals surface area contributed by atoms with E-state index in [1.165, 1.54) is 7.11 Å². The van der Waals surface area contributed by atoms with E-state index in [2.05, 4.69) is 17.1 Å². The van der Waals surface area contributed by atoms with Gasteiger partial charge in [-0.3, -0.25) is 0 Å². The minimum Gasteiger partial charge on any atom is -0.481 e. The molecule has 0 spiro atoms. The standard InChI is InChI=1S/C19H17NO3/c1-19(2)10-9-11-7-8-13-12-5-4-6-14(18(21)22-3)15(12)20-16(13)17(11)23-19/h4-10,20H,1-3H3. The largest absolute Gasteiger partial charge is 0.481 e. The van der Waals surface area contributed by atoms with E-state index in [1.54, 1.807) is 6.07 Å². The molecule has 116 valence electrons. The van der Waals surface area contributed by atoms with Crippen LogP contribution in [0.3, 0.4) is 0 Å². The molecule has 3 aromatic rings. The Kier molecular flexibility index (Phi) is 2.79. The summed E-state index contributed by atoms with van der Waals surface area (Å²) in [5, 5.41) is 2.03. The van der Waals surface area contributed by atoms with Gasteiger partial charge in [0.1, 0.15) is 5.60 Å². The first-order valence-corrected chi connectivity index (χ1v) is 7.54. The summed E-state index contributed by atoms with van der Waals surface area (Å²) in [5.74, 6) is 0.471. The minimum absolute atomic E-state index is 0.350. The number of H-pyrrole nitrogens is 1. The number of benzene rings is 2. The molecule has 0 aliphatic carbocycles. The van der Waals surface area contributed by atoms with Crippen LogP contribution in [0, 0.1) is 0 Å². The molecule has 0 radical (unpaired) electrons. The third-order valence-electron chi connectivity index (χ3n) is 4.23. The summed E-state index contributed by atoms with van der Waals surface area (Å²) in [4.78, 5) is 15.4. The first kappa shape index (κ1) is 13.9. The Morgan fingerprint density at radius 2 is 1.91 bits per heavy atom. The van der Waals surface area contributed by atoms with Crippen molar-refractivity contribution < 1.29 is 14.3 Å². The lowest BCUT2D eigenvalue weighted by Gasteiger charge is -2.28. The molecule has 0 saturated carbocycles. The van der Waals surface area contributed by atoms with Crippen molar-refractivity contribution >= 4 is 33.9 Å². The Labute approximate surface area is 133 Å². The maximum absolute atomic E-state index is 12.0. The average Bonchev–Trinajstić information content (AvgIpc) is 2.92. The Morgan fingerprint density at radius 3 is 2.70 bits per heavy atom. The molecule has 0 bridgehead atoms. The summed E-state index contributed by atoms with van der Waals surface area (Å²) in [6.07, 6.45) is 4.12. The number of hydrogen-bond acceptors (Lipinski definition) is 3. The molecule has 23 heavy (non-hydrogen) atoms. The van der Waals surface area contributed by atoms with Gasteiger partial charge in [0, 0.05) is 16.3 Å². The molecule has 4 rings (SSSR count). The summed E-state index contributed by atoms with van der Waals surface area (Å²) in [6.45, 7) is 4.04. The topological polar surface area (TPSA) is 51.3 Å². The molecule has 1 N–H and O–H groups in total. The summed E-state index contributed by atoms with van der Waals surface area (Å²) in [6, 6.07) is 9.73. The number of fused-ring (bicyclic) bond motifs is 5. The molecule has 0 saturated heterocycles. The zero-order valence-electron chi connectivity index (χ0n) is 13.3. The van der Waals surface area contributed by atoms with Gasteiger partial charge in [-0.2, -0.15) is 0 Å². The van der Waals surface area contributed by atoms with Crippen LogP contribution in [-0.2, 0) is 4.74 Å². The number of nitrogens with one attached hydrogen (secondary N) is 1. The van der Waals surface area contributed by atoms with Gasteiger partial charge in [0.2, 0.25) is 0 Å². The molecule has 2 heterocycles. The molecule has 4 nitrogen and oxygen atoms in total. The number of rotatable bonds is 1. The highest BCUT2D eigenvalue weighted by molar-refractivity contribution is 6.15. The molecule has 1 aliphatic heterocycles. The number of hydrogen-bond donors (Lipinski definition) is 1. The fourth-order valence-corrected chi connectivity index (χ4v) is 3.09. The van der Waals surface area contributed by atoms with Crippen molar-refractivity contribution in [3.8, 4) is 5.75 Å².